The van der Waals surface area contributed by atoms with E-state index in [1.165, 1.54) is 17.3 Å². The van der Waals surface area contributed by atoms with Crippen LogP contribution in [0.2, 0.25) is 0 Å². The smallest absolute Gasteiger partial charge is 0.271 e. The van der Waals surface area contributed by atoms with Gasteiger partial charge in [0, 0.05) is 37.7 Å². The van der Waals surface area contributed by atoms with Crippen LogP contribution in [-0.2, 0) is 35.6 Å². The SMILES string of the molecule is COc1cc2c(cc1OC)CN(CC1OC(c3ccc(-c4cccc(CNC(=O)c5cnc6ccccc6n5)c4)cc3)OC(c3ccc(CO)cc3)C1C)CC2. The summed E-state index contributed by atoms with van der Waals surface area (Å²) in [5.41, 5.74) is 10.1. The molecule has 286 valence electrons. The topological polar surface area (TPSA) is 115 Å². The highest BCUT2D eigenvalue weighted by Gasteiger charge is 2.39. The molecule has 2 aliphatic heterocycles. The minimum absolute atomic E-state index is 0.00672. The Morgan fingerprint density at radius 1 is 0.821 bits per heavy atom. The zero-order valence-electron chi connectivity index (χ0n) is 31.9. The molecular weight excluding hydrogens is 705 g/mol. The number of para-hydroxylation sites is 2. The number of ether oxygens (including phenoxy) is 4. The number of carbonyl (C=O) groups is 1. The molecule has 0 aliphatic carbocycles. The summed E-state index contributed by atoms with van der Waals surface area (Å²) < 4.78 is 24.8. The van der Waals surface area contributed by atoms with Gasteiger partial charge in [-0.3, -0.25) is 14.7 Å². The molecule has 4 unspecified atom stereocenters. The fraction of sp³-hybridized carbons (Fsp3) is 0.283. The number of nitrogens with zero attached hydrogens (tertiary/aromatic N) is 3. The molecule has 0 bridgehead atoms. The Balaban J connectivity index is 0.979. The first-order valence-electron chi connectivity index (χ1n) is 19.0. The Kier molecular flexibility index (Phi) is 11.1. The van der Waals surface area contributed by atoms with Crippen molar-refractivity contribution in [1.29, 1.82) is 0 Å². The maximum Gasteiger partial charge on any atom is 0.271 e. The van der Waals surface area contributed by atoms with Crippen molar-refractivity contribution >= 4 is 16.9 Å². The fourth-order valence-corrected chi connectivity index (χ4v) is 7.71. The van der Waals surface area contributed by atoms with Gasteiger partial charge in [-0.25, -0.2) is 4.98 Å². The van der Waals surface area contributed by atoms with Gasteiger partial charge < -0.3 is 29.4 Å². The van der Waals surface area contributed by atoms with Gasteiger partial charge in [-0.05, 0) is 75.7 Å². The maximum atomic E-state index is 12.9. The summed E-state index contributed by atoms with van der Waals surface area (Å²) in [6.45, 7) is 4.99. The van der Waals surface area contributed by atoms with E-state index < -0.39 is 6.29 Å². The largest absolute Gasteiger partial charge is 0.493 e. The molecule has 1 fully saturated rings. The van der Waals surface area contributed by atoms with E-state index in [0.717, 1.165) is 76.5 Å². The molecule has 4 atom stereocenters. The van der Waals surface area contributed by atoms with Crippen molar-refractivity contribution in [3.63, 3.8) is 0 Å². The number of fused-ring (bicyclic) bond motifs is 2. The van der Waals surface area contributed by atoms with Crippen molar-refractivity contribution in [2.75, 3.05) is 27.3 Å². The number of nitrogens with one attached hydrogen (secondary N) is 1. The molecule has 1 amide bonds. The molecule has 0 radical (unpaired) electrons. The predicted octanol–water partition coefficient (Wildman–Crippen LogP) is 7.59. The summed E-state index contributed by atoms with van der Waals surface area (Å²) in [7, 11) is 3.35. The lowest BCUT2D eigenvalue weighted by molar-refractivity contribution is -0.276. The normalized spacial score (nSPS) is 19.6. The number of aliphatic hydroxyl groups is 1. The Labute approximate surface area is 327 Å². The van der Waals surface area contributed by atoms with Gasteiger partial charge in [0.25, 0.3) is 5.91 Å². The summed E-state index contributed by atoms with van der Waals surface area (Å²) in [5.74, 6) is 1.29. The zero-order chi connectivity index (χ0) is 38.6. The highest BCUT2D eigenvalue weighted by atomic mass is 16.7. The van der Waals surface area contributed by atoms with Gasteiger partial charge in [0.2, 0.25) is 0 Å². The average Bonchev–Trinajstić information content (AvgIpc) is 3.25. The van der Waals surface area contributed by atoms with E-state index in [1.54, 1.807) is 14.2 Å². The minimum atomic E-state index is -0.575. The van der Waals surface area contributed by atoms with Gasteiger partial charge in [0.15, 0.2) is 17.8 Å². The summed E-state index contributed by atoms with van der Waals surface area (Å²) in [5, 5.41) is 12.7. The molecule has 2 aliphatic rings. The monoisotopic (exact) mass is 750 g/mol. The molecule has 8 rings (SSSR count). The third kappa shape index (κ3) is 8.01. The molecule has 2 N–H and O–H groups in total. The van der Waals surface area contributed by atoms with Crippen LogP contribution in [0.1, 0.15) is 63.2 Å². The number of carbonyl (C=O) groups excluding carboxylic acids is 1. The van der Waals surface area contributed by atoms with Crippen molar-refractivity contribution in [2.45, 2.75) is 51.5 Å². The third-order valence-electron chi connectivity index (χ3n) is 10.9. The molecule has 10 heteroatoms. The number of aromatic nitrogens is 2. The van der Waals surface area contributed by atoms with Crippen LogP contribution >= 0.6 is 0 Å². The van der Waals surface area contributed by atoms with Crippen molar-refractivity contribution in [3.05, 3.63) is 154 Å². The summed E-state index contributed by atoms with van der Waals surface area (Å²) in [6, 6.07) is 36.2. The number of rotatable bonds is 11. The number of hydrogen-bond acceptors (Lipinski definition) is 9. The van der Waals surface area contributed by atoms with Gasteiger partial charge in [0.05, 0.1) is 50.3 Å². The van der Waals surface area contributed by atoms with Gasteiger partial charge >= 0.3 is 0 Å². The Morgan fingerprint density at radius 3 is 2.30 bits per heavy atom. The number of hydrogen-bond donors (Lipinski definition) is 2. The first-order valence-corrected chi connectivity index (χ1v) is 19.0. The van der Waals surface area contributed by atoms with Crippen LogP contribution < -0.4 is 14.8 Å². The molecule has 1 saturated heterocycles. The summed E-state index contributed by atoms with van der Waals surface area (Å²) in [6.07, 6.45) is 1.53. The van der Waals surface area contributed by atoms with Crippen molar-refractivity contribution < 1.29 is 28.8 Å². The van der Waals surface area contributed by atoms with E-state index in [9.17, 15) is 9.90 Å². The number of methoxy groups -OCH3 is 2. The van der Waals surface area contributed by atoms with Crippen LogP contribution in [0.5, 0.6) is 11.5 Å². The fourth-order valence-electron chi connectivity index (χ4n) is 7.71. The third-order valence-corrected chi connectivity index (χ3v) is 10.9. The van der Waals surface area contributed by atoms with E-state index in [0.29, 0.717) is 12.1 Å². The Morgan fingerprint density at radius 2 is 1.55 bits per heavy atom. The van der Waals surface area contributed by atoms with Gasteiger partial charge in [0.1, 0.15) is 5.69 Å². The zero-order valence-corrected chi connectivity index (χ0v) is 31.9. The van der Waals surface area contributed by atoms with Crippen LogP contribution in [-0.4, -0.2) is 59.3 Å². The van der Waals surface area contributed by atoms with E-state index >= 15 is 0 Å². The van der Waals surface area contributed by atoms with Crippen molar-refractivity contribution in [2.24, 2.45) is 5.92 Å². The minimum Gasteiger partial charge on any atom is -0.493 e. The summed E-state index contributed by atoms with van der Waals surface area (Å²) >= 11 is 0. The first-order chi connectivity index (χ1) is 27.4. The number of amides is 1. The van der Waals surface area contributed by atoms with Crippen LogP contribution in [0.4, 0.5) is 0 Å². The maximum absolute atomic E-state index is 12.9. The average molecular weight is 751 g/mol. The Hall–Kier alpha value is -5.65. The standard InChI is InChI=1S/C46H46N4O6/c1-29-43(27-50-20-19-36-22-41(53-2)42(54-3)23-37(36)26-50)55-46(56-44(29)33-13-11-30(28-51)12-14-33)34-17-15-32(16-18-34)35-8-6-7-31(21-35)24-48-45(52)40-25-47-38-9-4-5-10-39(38)49-40/h4-18,21-23,25,29,43-44,46,51H,19-20,24,26-28H2,1-3H3,(H,48,52). The molecule has 10 nitrogen and oxygen atoms in total. The quantitative estimate of drug-likeness (QED) is 0.138. The number of aliphatic hydroxyl groups excluding tert-OH is 1. The second-order valence-corrected chi connectivity index (χ2v) is 14.5. The first kappa shape index (κ1) is 37.3. The van der Waals surface area contributed by atoms with Crippen molar-refractivity contribution in [1.82, 2.24) is 20.2 Å². The second-order valence-electron chi connectivity index (χ2n) is 14.5. The lowest BCUT2D eigenvalue weighted by Gasteiger charge is -2.43. The predicted molar refractivity (Wildman–Crippen MR) is 214 cm³/mol. The molecular formula is C46H46N4O6. The van der Waals surface area contributed by atoms with E-state index in [2.05, 4.69) is 87.8 Å². The van der Waals surface area contributed by atoms with E-state index in [4.69, 9.17) is 18.9 Å². The van der Waals surface area contributed by atoms with Crippen LogP contribution in [0, 0.1) is 5.92 Å². The molecule has 0 spiro atoms. The molecule has 0 saturated carbocycles. The van der Waals surface area contributed by atoms with Crippen LogP contribution in [0.25, 0.3) is 22.2 Å². The molecule has 5 aromatic carbocycles. The highest BCUT2D eigenvalue weighted by Crippen LogP contribution is 2.43. The molecule has 6 aromatic rings. The highest BCUT2D eigenvalue weighted by molar-refractivity contribution is 5.93. The second kappa shape index (κ2) is 16.6. The lowest BCUT2D eigenvalue weighted by Crippen LogP contribution is -2.45. The lowest BCUT2D eigenvalue weighted by atomic mass is 9.89. The van der Waals surface area contributed by atoms with Crippen LogP contribution in [0.15, 0.2) is 115 Å². The molecule has 3 heterocycles. The van der Waals surface area contributed by atoms with E-state index in [1.807, 2.05) is 48.5 Å². The molecule has 56 heavy (non-hydrogen) atoms. The Bertz CT molecular complexity index is 2320. The van der Waals surface area contributed by atoms with Crippen molar-refractivity contribution in [3.8, 4) is 22.6 Å². The van der Waals surface area contributed by atoms with Gasteiger partial charge in [-0.2, -0.15) is 0 Å². The van der Waals surface area contributed by atoms with Gasteiger partial charge in [-0.15, -0.1) is 0 Å². The molecule has 1 aromatic heterocycles. The van der Waals surface area contributed by atoms with E-state index in [-0.39, 0.29) is 36.3 Å². The number of benzene rings is 5. The van der Waals surface area contributed by atoms with Crippen LogP contribution in [0.3, 0.4) is 0 Å². The van der Waals surface area contributed by atoms with Gasteiger partial charge in [-0.1, -0.05) is 85.8 Å². The summed E-state index contributed by atoms with van der Waals surface area (Å²) in [4.78, 5) is 24.2.